The predicted molar refractivity (Wildman–Crippen MR) is 139 cm³/mol. The Hall–Kier alpha value is -2.27. The van der Waals surface area contributed by atoms with Gasteiger partial charge in [0.25, 0.3) is 10.1 Å². The van der Waals surface area contributed by atoms with Crippen LogP contribution < -0.4 is 10.6 Å². The van der Waals surface area contributed by atoms with Crippen LogP contribution in [-0.4, -0.2) is 62.3 Å². The molecule has 1 heterocycles. The summed E-state index contributed by atoms with van der Waals surface area (Å²) in [4.78, 5) is 24.0. The van der Waals surface area contributed by atoms with Crippen molar-refractivity contribution in [3.8, 4) is 0 Å². The van der Waals surface area contributed by atoms with Gasteiger partial charge in [0.1, 0.15) is 6.04 Å². The number of aryl methyl sites for hydroxylation is 1. The van der Waals surface area contributed by atoms with Crippen molar-refractivity contribution in [3.63, 3.8) is 0 Å². The molecule has 0 aliphatic carbocycles. The first-order valence-corrected chi connectivity index (χ1v) is 13.7. The fraction of sp³-hybridized carbons (Fsp3) is 0.615. The van der Waals surface area contributed by atoms with E-state index in [1.54, 1.807) is 26.2 Å². The number of esters is 1. The number of benzene rings is 1. The van der Waals surface area contributed by atoms with Crippen LogP contribution in [0.5, 0.6) is 0 Å². The van der Waals surface area contributed by atoms with Crippen LogP contribution in [-0.2, 0) is 29.2 Å². The molecule has 0 saturated carbocycles. The Kier molecular flexibility index (Phi) is 12.8. The number of ether oxygens (including phenoxy) is 2. The summed E-state index contributed by atoms with van der Waals surface area (Å²) in [6.45, 7) is 11.6. The number of carbonyl (C=O) groups is 2. The third-order valence-corrected chi connectivity index (χ3v) is 7.15. The third kappa shape index (κ3) is 9.31. The van der Waals surface area contributed by atoms with E-state index in [-0.39, 0.29) is 40.8 Å². The van der Waals surface area contributed by atoms with E-state index in [0.717, 1.165) is 18.4 Å². The van der Waals surface area contributed by atoms with Gasteiger partial charge >= 0.3 is 5.97 Å². The van der Waals surface area contributed by atoms with E-state index in [1.807, 2.05) is 26.8 Å². The summed E-state index contributed by atoms with van der Waals surface area (Å²) in [6.07, 6.45) is 6.47. The molecule has 1 saturated heterocycles. The zero-order valence-electron chi connectivity index (χ0n) is 22.4. The molecule has 1 aromatic carbocycles. The van der Waals surface area contributed by atoms with Crippen LogP contribution in [0.3, 0.4) is 0 Å². The molecular weight excluding hydrogens is 484 g/mol. The van der Waals surface area contributed by atoms with Crippen molar-refractivity contribution in [3.05, 3.63) is 42.0 Å². The molecule has 0 spiro atoms. The molecule has 1 aromatic rings. The van der Waals surface area contributed by atoms with Gasteiger partial charge in [0.05, 0.1) is 23.1 Å². The maximum Gasteiger partial charge on any atom is 0.323 e. The van der Waals surface area contributed by atoms with E-state index in [2.05, 4.69) is 23.6 Å². The molecule has 1 fully saturated rings. The highest BCUT2D eigenvalue weighted by Gasteiger charge is 2.47. The van der Waals surface area contributed by atoms with Gasteiger partial charge in [-0.2, -0.15) is 8.42 Å². The van der Waals surface area contributed by atoms with Gasteiger partial charge in [0.2, 0.25) is 5.91 Å². The Balaban J connectivity index is 0.000000488. The minimum absolute atomic E-state index is 0.0666. The zero-order valence-corrected chi connectivity index (χ0v) is 23.2. The van der Waals surface area contributed by atoms with Crippen molar-refractivity contribution in [2.75, 3.05) is 13.7 Å². The van der Waals surface area contributed by atoms with Gasteiger partial charge in [-0.1, -0.05) is 43.2 Å². The number of amides is 1. The van der Waals surface area contributed by atoms with Crippen LogP contribution in [0.4, 0.5) is 0 Å². The fourth-order valence-electron chi connectivity index (χ4n) is 4.47. The van der Waals surface area contributed by atoms with Crippen LogP contribution in [0.2, 0.25) is 0 Å². The molecular formula is C26H42N2O7S. The van der Waals surface area contributed by atoms with E-state index >= 15 is 0 Å². The normalized spacial score (nSPS) is 22.3. The molecule has 2 rings (SSSR count). The maximum absolute atomic E-state index is 12.2. The second kappa shape index (κ2) is 14.5. The lowest BCUT2D eigenvalue weighted by Crippen LogP contribution is -2.62. The molecule has 10 heteroatoms. The van der Waals surface area contributed by atoms with Gasteiger partial charge in [0, 0.05) is 20.1 Å². The lowest BCUT2D eigenvalue weighted by Gasteiger charge is -2.41. The quantitative estimate of drug-likeness (QED) is 0.240. The van der Waals surface area contributed by atoms with Gasteiger partial charge in [0.15, 0.2) is 0 Å². The number of hydrogen-bond donors (Lipinski definition) is 3. The monoisotopic (exact) mass is 526 g/mol. The molecule has 0 unspecified atom stereocenters. The average molecular weight is 527 g/mol. The van der Waals surface area contributed by atoms with Crippen molar-refractivity contribution in [1.29, 1.82) is 0 Å². The molecule has 0 radical (unpaired) electrons. The van der Waals surface area contributed by atoms with Crippen LogP contribution >= 0.6 is 0 Å². The van der Waals surface area contributed by atoms with Crippen LogP contribution in [0, 0.1) is 12.8 Å². The summed E-state index contributed by atoms with van der Waals surface area (Å²) >= 11 is 0. The predicted octanol–water partition coefficient (Wildman–Crippen LogP) is 3.42. The number of allylic oxidation sites excluding steroid dienone is 1. The molecule has 9 nitrogen and oxygen atoms in total. The van der Waals surface area contributed by atoms with Crippen molar-refractivity contribution >= 4 is 22.0 Å². The Morgan fingerprint density at radius 3 is 2.33 bits per heavy atom. The van der Waals surface area contributed by atoms with E-state index in [0.29, 0.717) is 13.0 Å². The van der Waals surface area contributed by atoms with Gasteiger partial charge in [-0.3, -0.25) is 19.5 Å². The molecule has 1 amide bonds. The summed E-state index contributed by atoms with van der Waals surface area (Å²) in [5.74, 6) is -0.233. The summed E-state index contributed by atoms with van der Waals surface area (Å²) < 4.78 is 40.6. The first-order valence-electron chi connectivity index (χ1n) is 12.2. The molecule has 36 heavy (non-hydrogen) atoms. The number of rotatable bonds is 10. The minimum Gasteiger partial charge on any atom is -0.465 e. The summed E-state index contributed by atoms with van der Waals surface area (Å²) in [5.41, 5.74) is 0.430. The second-order valence-electron chi connectivity index (χ2n) is 9.16. The Morgan fingerprint density at radius 2 is 1.89 bits per heavy atom. The number of nitrogens with one attached hydrogen (secondary N) is 2. The lowest BCUT2D eigenvalue weighted by molar-refractivity contribution is -0.145. The molecule has 204 valence electrons. The van der Waals surface area contributed by atoms with E-state index < -0.39 is 15.7 Å². The van der Waals surface area contributed by atoms with Crippen molar-refractivity contribution < 1.29 is 32.0 Å². The van der Waals surface area contributed by atoms with Crippen LogP contribution in [0.1, 0.15) is 59.4 Å². The van der Waals surface area contributed by atoms with Gasteiger partial charge in [-0.15, -0.1) is 0 Å². The van der Waals surface area contributed by atoms with Crippen molar-refractivity contribution in [2.24, 2.45) is 5.92 Å². The minimum atomic E-state index is -4.02. The van der Waals surface area contributed by atoms with E-state index in [1.165, 1.54) is 19.1 Å². The van der Waals surface area contributed by atoms with Crippen molar-refractivity contribution in [2.45, 2.75) is 89.4 Å². The SMILES string of the molecule is C/C=C\[C@@H]1C[C@H](C(=O)OCC)N[C@H]1[C@@H](NC(C)=O)[C@](C)(CCC)OC.Cc1ccc(S(=O)(=O)O)cc1. The van der Waals surface area contributed by atoms with E-state index in [9.17, 15) is 18.0 Å². The van der Waals surface area contributed by atoms with Crippen LogP contribution in [0.15, 0.2) is 41.3 Å². The molecule has 5 atom stereocenters. The topological polar surface area (TPSA) is 131 Å². The smallest absolute Gasteiger partial charge is 0.323 e. The first kappa shape index (κ1) is 31.8. The zero-order chi connectivity index (χ0) is 27.5. The number of hydrogen-bond acceptors (Lipinski definition) is 7. The molecule has 0 bridgehead atoms. The Bertz CT molecular complexity index is 979. The van der Waals surface area contributed by atoms with Crippen molar-refractivity contribution in [1.82, 2.24) is 10.6 Å². The molecule has 1 aliphatic rings. The molecule has 0 aromatic heterocycles. The number of methoxy groups -OCH3 is 1. The second-order valence-corrected chi connectivity index (χ2v) is 10.6. The first-order chi connectivity index (χ1) is 16.8. The standard InChI is InChI=1S/C19H34N2O4.C7H8O3S/c1-7-10-14-12-15(18(23)25-9-3)21-16(14)17(20-13(4)22)19(5,24-6)11-8-2;1-6-2-4-7(5-3-6)11(8,9)10/h7,10,14-17,21H,8-9,11-12H2,1-6H3,(H,20,22);2-5H,1H3,(H,8,9,10)/b10-7-;/t14-,15-,16-,17-,19+;/m1./s1. The lowest BCUT2D eigenvalue weighted by atomic mass is 9.81. The summed E-state index contributed by atoms with van der Waals surface area (Å²) in [5, 5.41) is 6.46. The largest absolute Gasteiger partial charge is 0.465 e. The highest BCUT2D eigenvalue weighted by molar-refractivity contribution is 7.85. The third-order valence-electron chi connectivity index (χ3n) is 6.28. The Morgan fingerprint density at radius 1 is 1.28 bits per heavy atom. The summed E-state index contributed by atoms with van der Waals surface area (Å²) in [6, 6.07) is 5.26. The van der Waals surface area contributed by atoms with Gasteiger partial charge in [-0.25, -0.2) is 0 Å². The van der Waals surface area contributed by atoms with Gasteiger partial charge in [-0.05, 0) is 58.6 Å². The highest BCUT2D eigenvalue weighted by Crippen LogP contribution is 2.33. The highest BCUT2D eigenvalue weighted by atomic mass is 32.2. The molecule has 1 aliphatic heterocycles. The van der Waals surface area contributed by atoms with Crippen LogP contribution in [0.25, 0.3) is 0 Å². The van der Waals surface area contributed by atoms with Gasteiger partial charge < -0.3 is 14.8 Å². The van der Waals surface area contributed by atoms with E-state index in [4.69, 9.17) is 14.0 Å². The summed E-state index contributed by atoms with van der Waals surface area (Å²) in [7, 11) is -2.35. The Labute approximate surface area is 215 Å². The average Bonchev–Trinajstić information content (AvgIpc) is 3.21. The maximum atomic E-state index is 12.2. The fourth-order valence-corrected chi connectivity index (χ4v) is 4.95. The number of carbonyl (C=O) groups excluding carboxylic acids is 2. The molecule has 3 N–H and O–H groups in total.